The molecule has 2 aliphatic rings. The van der Waals surface area contributed by atoms with Crippen LogP contribution in [0.15, 0.2) is 24.3 Å². The first-order valence-corrected chi connectivity index (χ1v) is 8.28. The van der Waals surface area contributed by atoms with Gasteiger partial charge in [0.15, 0.2) is 0 Å². The number of urea groups is 1. The van der Waals surface area contributed by atoms with E-state index in [0.29, 0.717) is 6.04 Å². The summed E-state index contributed by atoms with van der Waals surface area (Å²) in [6.45, 7) is 10.6. The van der Waals surface area contributed by atoms with E-state index in [1.807, 2.05) is 17.0 Å². The standard InChI is InChI=1S/C17H26N4O/c1-14(2)19-10-12-20(13-11-19)16-6-4-15(5-7-16)18-17(22)21-8-3-9-21/h4-7,14H,3,8-13H2,1-2H3,(H,18,22). The summed E-state index contributed by atoms with van der Waals surface area (Å²) in [5, 5.41) is 2.96. The molecule has 2 amide bonds. The molecule has 2 heterocycles. The van der Waals surface area contributed by atoms with Crippen LogP contribution in [0.2, 0.25) is 0 Å². The molecule has 0 aliphatic carbocycles. The lowest BCUT2D eigenvalue weighted by Gasteiger charge is -2.38. The summed E-state index contributed by atoms with van der Waals surface area (Å²) >= 11 is 0. The van der Waals surface area contributed by atoms with Crippen LogP contribution in [-0.4, -0.2) is 61.1 Å². The van der Waals surface area contributed by atoms with Gasteiger partial charge in [-0.05, 0) is 44.5 Å². The average molecular weight is 302 g/mol. The molecule has 2 aliphatic heterocycles. The van der Waals surface area contributed by atoms with Gasteiger partial charge in [0.2, 0.25) is 0 Å². The van der Waals surface area contributed by atoms with Gasteiger partial charge in [0.1, 0.15) is 0 Å². The Balaban J connectivity index is 1.54. The molecule has 1 aromatic carbocycles. The number of carbonyl (C=O) groups excluding carboxylic acids is 1. The highest BCUT2D eigenvalue weighted by Gasteiger charge is 2.21. The van der Waals surface area contributed by atoms with Crippen molar-refractivity contribution >= 4 is 17.4 Å². The zero-order valence-corrected chi connectivity index (χ0v) is 13.6. The third-order valence-electron chi connectivity index (χ3n) is 4.67. The molecule has 1 aromatic rings. The Bertz CT molecular complexity index is 502. The quantitative estimate of drug-likeness (QED) is 0.932. The van der Waals surface area contributed by atoms with Crippen molar-refractivity contribution in [2.45, 2.75) is 26.3 Å². The van der Waals surface area contributed by atoms with Crippen LogP contribution in [0.1, 0.15) is 20.3 Å². The monoisotopic (exact) mass is 302 g/mol. The van der Waals surface area contributed by atoms with Gasteiger partial charge in [-0.2, -0.15) is 0 Å². The molecule has 0 bridgehead atoms. The molecule has 3 rings (SSSR count). The van der Waals surface area contributed by atoms with Crippen molar-refractivity contribution in [2.75, 3.05) is 49.5 Å². The lowest BCUT2D eigenvalue weighted by atomic mass is 10.2. The number of hydrogen-bond acceptors (Lipinski definition) is 3. The number of nitrogens with zero attached hydrogens (tertiary/aromatic N) is 3. The number of amides is 2. The Morgan fingerprint density at radius 2 is 1.64 bits per heavy atom. The van der Waals surface area contributed by atoms with Crippen LogP contribution in [-0.2, 0) is 0 Å². The van der Waals surface area contributed by atoms with E-state index in [-0.39, 0.29) is 6.03 Å². The van der Waals surface area contributed by atoms with Crippen molar-refractivity contribution in [2.24, 2.45) is 0 Å². The minimum atomic E-state index is 0.0181. The molecule has 2 fully saturated rings. The van der Waals surface area contributed by atoms with Crippen LogP contribution in [0.25, 0.3) is 0 Å². The number of carbonyl (C=O) groups is 1. The highest BCUT2D eigenvalue weighted by Crippen LogP contribution is 2.20. The van der Waals surface area contributed by atoms with Gasteiger partial charge >= 0.3 is 6.03 Å². The number of piperazine rings is 1. The zero-order valence-electron chi connectivity index (χ0n) is 13.6. The van der Waals surface area contributed by atoms with Gasteiger partial charge in [0.05, 0.1) is 0 Å². The fourth-order valence-corrected chi connectivity index (χ4v) is 2.97. The van der Waals surface area contributed by atoms with E-state index < -0.39 is 0 Å². The topological polar surface area (TPSA) is 38.8 Å². The fraction of sp³-hybridized carbons (Fsp3) is 0.588. The van der Waals surface area contributed by atoms with E-state index in [4.69, 9.17) is 0 Å². The Morgan fingerprint density at radius 1 is 1.00 bits per heavy atom. The first kappa shape index (κ1) is 15.2. The first-order valence-electron chi connectivity index (χ1n) is 8.28. The van der Waals surface area contributed by atoms with Gasteiger partial charge in [-0.15, -0.1) is 0 Å². The number of anilines is 2. The molecular weight excluding hydrogens is 276 g/mol. The van der Waals surface area contributed by atoms with Crippen LogP contribution in [0.3, 0.4) is 0 Å². The minimum Gasteiger partial charge on any atom is -0.369 e. The second-order valence-electron chi connectivity index (χ2n) is 6.43. The SMILES string of the molecule is CC(C)N1CCN(c2ccc(NC(=O)N3CCC3)cc2)CC1. The molecule has 0 aromatic heterocycles. The van der Waals surface area contributed by atoms with E-state index in [1.165, 1.54) is 5.69 Å². The fourth-order valence-electron chi connectivity index (χ4n) is 2.97. The third kappa shape index (κ3) is 3.35. The van der Waals surface area contributed by atoms with Crippen molar-refractivity contribution in [3.8, 4) is 0 Å². The van der Waals surface area contributed by atoms with Crippen LogP contribution >= 0.6 is 0 Å². The largest absolute Gasteiger partial charge is 0.369 e. The number of hydrogen-bond donors (Lipinski definition) is 1. The Kier molecular flexibility index (Phi) is 4.52. The summed E-state index contributed by atoms with van der Waals surface area (Å²) in [5.74, 6) is 0. The maximum absolute atomic E-state index is 11.9. The predicted octanol–water partition coefficient (Wildman–Crippen LogP) is 2.45. The van der Waals surface area contributed by atoms with Gasteiger partial charge in [0, 0.05) is 56.7 Å². The molecule has 2 saturated heterocycles. The molecule has 0 saturated carbocycles. The molecule has 22 heavy (non-hydrogen) atoms. The molecule has 0 radical (unpaired) electrons. The van der Waals surface area contributed by atoms with Crippen LogP contribution in [0.4, 0.5) is 16.2 Å². The van der Waals surface area contributed by atoms with E-state index in [1.54, 1.807) is 0 Å². The minimum absolute atomic E-state index is 0.0181. The van der Waals surface area contributed by atoms with Gasteiger partial charge in [-0.1, -0.05) is 0 Å². The maximum Gasteiger partial charge on any atom is 0.321 e. The molecule has 0 unspecified atom stereocenters. The summed E-state index contributed by atoms with van der Waals surface area (Å²) in [7, 11) is 0. The van der Waals surface area contributed by atoms with E-state index in [0.717, 1.165) is 51.4 Å². The molecule has 0 atom stereocenters. The second kappa shape index (κ2) is 6.57. The van der Waals surface area contributed by atoms with E-state index in [2.05, 4.69) is 41.1 Å². The summed E-state index contributed by atoms with van der Waals surface area (Å²) in [6, 6.07) is 8.86. The summed E-state index contributed by atoms with van der Waals surface area (Å²) in [4.78, 5) is 18.6. The number of likely N-dealkylation sites (tertiary alicyclic amines) is 1. The maximum atomic E-state index is 11.9. The lowest BCUT2D eigenvalue weighted by molar-refractivity contribution is 0.181. The summed E-state index contributed by atoms with van der Waals surface area (Å²) < 4.78 is 0. The van der Waals surface area contributed by atoms with E-state index >= 15 is 0 Å². The second-order valence-corrected chi connectivity index (χ2v) is 6.43. The Morgan fingerprint density at radius 3 is 2.14 bits per heavy atom. The molecule has 5 heteroatoms. The molecule has 5 nitrogen and oxygen atoms in total. The molecule has 0 spiro atoms. The Labute approximate surface area is 132 Å². The van der Waals surface area contributed by atoms with Crippen LogP contribution in [0.5, 0.6) is 0 Å². The molecular formula is C17H26N4O. The normalized spacial score (nSPS) is 19.2. The van der Waals surface area contributed by atoms with E-state index in [9.17, 15) is 4.79 Å². The Hall–Kier alpha value is -1.75. The smallest absolute Gasteiger partial charge is 0.321 e. The van der Waals surface area contributed by atoms with Crippen molar-refractivity contribution in [3.05, 3.63) is 24.3 Å². The third-order valence-corrected chi connectivity index (χ3v) is 4.67. The lowest BCUT2D eigenvalue weighted by Crippen LogP contribution is -2.48. The summed E-state index contributed by atoms with van der Waals surface area (Å²) in [6.07, 6.45) is 1.12. The molecule has 1 N–H and O–H groups in total. The highest BCUT2D eigenvalue weighted by atomic mass is 16.2. The van der Waals surface area contributed by atoms with Crippen LogP contribution in [0, 0.1) is 0 Å². The van der Waals surface area contributed by atoms with Crippen molar-refractivity contribution in [3.63, 3.8) is 0 Å². The highest BCUT2D eigenvalue weighted by molar-refractivity contribution is 5.89. The summed E-state index contributed by atoms with van der Waals surface area (Å²) in [5.41, 5.74) is 2.12. The van der Waals surface area contributed by atoms with Crippen molar-refractivity contribution in [1.82, 2.24) is 9.80 Å². The zero-order chi connectivity index (χ0) is 15.5. The molecule has 120 valence electrons. The van der Waals surface area contributed by atoms with Crippen LogP contribution < -0.4 is 10.2 Å². The number of benzene rings is 1. The van der Waals surface area contributed by atoms with Gasteiger partial charge in [-0.3, -0.25) is 4.90 Å². The van der Waals surface area contributed by atoms with Crippen molar-refractivity contribution < 1.29 is 4.79 Å². The average Bonchev–Trinajstić information content (AvgIpc) is 2.46. The van der Waals surface area contributed by atoms with Gasteiger partial charge < -0.3 is 15.1 Å². The first-order chi connectivity index (χ1) is 10.6. The van der Waals surface area contributed by atoms with Crippen molar-refractivity contribution in [1.29, 1.82) is 0 Å². The predicted molar refractivity (Wildman–Crippen MR) is 90.6 cm³/mol. The number of rotatable bonds is 3. The number of nitrogens with one attached hydrogen (secondary N) is 1. The van der Waals surface area contributed by atoms with Gasteiger partial charge in [-0.25, -0.2) is 4.79 Å². The van der Waals surface area contributed by atoms with Gasteiger partial charge in [0.25, 0.3) is 0 Å².